The van der Waals surface area contributed by atoms with Gasteiger partial charge in [0.05, 0.1) is 10.7 Å². The van der Waals surface area contributed by atoms with Crippen LogP contribution in [0.4, 0.5) is 5.69 Å². The standard InChI is InChI=1S/C14H17ClINO/c1-14(2)7-3-4-10(14)13(18)17-12-6-5-9(16)8-11(12)15/h5-6,8,10H,3-4,7H2,1-2H3,(H,17,18). The Morgan fingerprint density at radius 1 is 1.50 bits per heavy atom. The topological polar surface area (TPSA) is 29.1 Å². The number of amides is 1. The van der Waals surface area contributed by atoms with Crippen LogP contribution in [0, 0.1) is 14.9 Å². The second-order valence-corrected chi connectivity index (χ2v) is 7.20. The number of halogens is 2. The van der Waals surface area contributed by atoms with Crippen molar-refractivity contribution in [2.45, 2.75) is 33.1 Å². The summed E-state index contributed by atoms with van der Waals surface area (Å²) in [6, 6.07) is 5.67. The lowest BCUT2D eigenvalue weighted by Gasteiger charge is -2.26. The van der Waals surface area contributed by atoms with E-state index in [4.69, 9.17) is 11.6 Å². The van der Waals surface area contributed by atoms with Crippen LogP contribution in [-0.2, 0) is 4.79 Å². The van der Waals surface area contributed by atoms with Crippen LogP contribution in [0.1, 0.15) is 33.1 Å². The minimum absolute atomic E-state index is 0.0906. The molecule has 1 amide bonds. The highest BCUT2D eigenvalue weighted by Crippen LogP contribution is 2.43. The van der Waals surface area contributed by atoms with E-state index in [0.717, 1.165) is 22.8 Å². The summed E-state index contributed by atoms with van der Waals surface area (Å²) in [4.78, 5) is 12.3. The molecule has 1 aliphatic rings. The molecule has 0 bridgehead atoms. The maximum Gasteiger partial charge on any atom is 0.228 e. The quantitative estimate of drug-likeness (QED) is 0.743. The van der Waals surface area contributed by atoms with Gasteiger partial charge in [0.25, 0.3) is 0 Å². The molecule has 0 aliphatic heterocycles. The van der Waals surface area contributed by atoms with Crippen LogP contribution >= 0.6 is 34.2 Å². The Bertz CT molecular complexity index is 473. The van der Waals surface area contributed by atoms with E-state index in [9.17, 15) is 4.79 Å². The third kappa shape index (κ3) is 2.99. The summed E-state index contributed by atoms with van der Waals surface area (Å²) >= 11 is 8.33. The van der Waals surface area contributed by atoms with Crippen molar-refractivity contribution in [2.75, 3.05) is 5.32 Å². The van der Waals surface area contributed by atoms with Crippen molar-refractivity contribution < 1.29 is 4.79 Å². The van der Waals surface area contributed by atoms with Crippen LogP contribution in [0.25, 0.3) is 0 Å². The highest BCUT2D eigenvalue weighted by molar-refractivity contribution is 14.1. The minimum Gasteiger partial charge on any atom is -0.325 e. The Kier molecular flexibility index (Phi) is 4.22. The molecule has 0 aromatic heterocycles. The van der Waals surface area contributed by atoms with Crippen molar-refractivity contribution >= 4 is 45.8 Å². The lowest BCUT2D eigenvalue weighted by atomic mass is 9.81. The van der Waals surface area contributed by atoms with Gasteiger partial charge in [-0.2, -0.15) is 0 Å². The fourth-order valence-corrected chi connectivity index (χ4v) is 3.53. The molecule has 18 heavy (non-hydrogen) atoms. The normalized spacial score (nSPS) is 21.9. The molecule has 1 saturated carbocycles. The number of hydrogen-bond donors (Lipinski definition) is 1. The zero-order valence-corrected chi connectivity index (χ0v) is 13.5. The van der Waals surface area contributed by atoms with E-state index in [-0.39, 0.29) is 17.2 Å². The molecule has 98 valence electrons. The first kappa shape index (κ1) is 14.1. The third-order valence-corrected chi connectivity index (χ3v) is 4.75. The maximum atomic E-state index is 12.3. The Balaban J connectivity index is 2.12. The first-order valence-electron chi connectivity index (χ1n) is 6.16. The van der Waals surface area contributed by atoms with Gasteiger partial charge >= 0.3 is 0 Å². The molecule has 1 aromatic carbocycles. The molecular formula is C14H17ClINO. The van der Waals surface area contributed by atoms with Crippen molar-refractivity contribution in [1.29, 1.82) is 0 Å². The molecule has 2 rings (SSSR count). The van der Waals surface area contributed by atoms with Crippen molar-refractivity contribution in [1.82, 2.24) is 0 Å². The van der Waals surface area contributed by atoms with E-state index in [1.807, 2.05) is 18.2 Å². The Labute approximate surface area is 127 Å². The molecule has 1 N–H and O–H groups in total. The predicted octanol–water partition coefficient (Wildman–Crippen LogP) is 4.71. The maximum absolute atomic E-state index is 12.3. The molecule has 0 saturated heterocycles. The second-order valence-electron chi connectivity index (χ2n) is 5.55. The molecule has 0 spiro atoms. The Hall–Kier alpha value is -0.290. The number of carbonyl (C=O) groups is 1. The number of benzene rings is 1. The molecular weight excluding hydrogens is 361 g/mol. The van der Waals surface area contributed by atoms with Crippen LogP contribution < -0.4 is 5.32 Å². The van der Waals surface area contributed by atoms with E-state index in [1.54, 1.807) is 0 Å². The average molecular weight is 378 g/mol. The summed E-state index contributed by atoms with van der Waals surface area (Å²) in [5.41, 5.74) is 0.810. The van der Waals surface area contributed by atoms with E-state index < -0.39 is 0 Å². The summed E-state index contributed by atoms with van der Waals surface area (Å²) in [7, 11) is 0. The van der Waals surface area contributed by atoms with E-state index in [0.29, 0.717) is 10.7 Å². The van der Waals surface area contributed by atoms with Gasteiger partial charge in [-0.25, -0.2) is 0 Å². The summed E-state index contributed by atoms with van der Waals surface area (Å²) in [6.45, 7) is 4.33. The Morgan fingerprint density at radius 3 is 2.78 bits per heavy atom. The largest absolute Gasteiger partial charge is 0.325 e. The lowest BCUT2D eigenvalue weighted by molar-refractivity contribution is -0.122. The van der Waals surface area contributed by atoms with Gasteiger partial charge in [0, 0.05) is 9.49 Å². The molecule has 1 aromatic rings. The molecule has 2 nitrogen and oxygen atoms in total. The van der Waals surface area contributed by atoms with E-state index >= 15 is 0 Å². The first-order valence-corrected chi connectivity index (χ1v) is 7.62. The smallest absolute Gasteiger partial charge is 0.228 e. The zero-order valence-electron chi connectivity index (χ0n) is 10.6. The van der Waals surface area contributed by atoms with Gasteiger partial charge in [0.1, 0.15) is 0 Å². The lowest BCUT2D eigenvalue weighted by Crippen LogP contribution is -2.30. The third-order valence-electron chi connectivity index (χ3n) is 3.76. The average Bonchev–Trinajstić information content (AvgIpc) is 2.62. The SMILES string of the molecule is CC1(C)CCCC1C(=O)Nc1ccc(I)cc1Cl. The van der Waals surface area contributed by atoms with Crippen molar-refractivity contribution in [3.8, 4) is 0 Å². The molecule has 4 heteroatoms. The van der Waals surface area contributed by atoms with Gasteiger partial charge < -0.3 is 5.32 Å². The monoisotopic (exact) mass is 377 g/mol. The van der Waals surface area contributed by atoms with Gasteiger partial charge in [0.2, 0.25) is 5.91 Å². The van der Waals surface area contributed by atoms with Crippen LogP contribution in [0.5, 0.6) is 0 Å². The van der Waals surface area contributed by atoms with Crippen LogP contribution in [0.15, 0.2) is 18.2 Å². The number of carbonyl (C=O) groups excluding carboxylic acids is 1. The second kappa shape index (κ2) is 5.37. The van der Waals surface area contributed by atoms with Gasteiger partial charge in [-0.3, -0.25) is 4.79 Å². The molecule has 1 aliphatic carbocycles. The summed E-state index contributed by atoms with van der Waals surface area (Å²) in [5, 5.41) is 3.56. The molecule has 1 fully saturated rings. The molecule has 0 heterocycles. The number of rotatable bonds is 2. The van der Waals surface area contributed by atoms with Crippen LogP contribution in [0.2, 0.25) is 5.02 Å². The Morgan fingerprint density at radius 2 is 2.22 bits per heavy atom. The first-order chi connectivity index (χ1) is 8.40. The minimum atomic E-state index is 0.0906. The van der Waals surface area contributed by atoms with Crippen molar-refractivity contribution in [2.24, 2.45) is 11.3 Å². The fraction of sp³-hybridized carbons (Fsp3) is 0.500. The van der Waals surface area contributed by atoms with Crippen LogP contribution in [-0.4, -0.2) is 5.91 Å². The number of hydrogen-bond acceptors (Lipinski definition) is 1. The predicted molar refractivity (Wildman–Crippen MR) is 83.9 cm³/mol. The molecule has 0 radical (unpaired) electrons. The van der Waals surface area contributed by atoms with Gasteiger partial charge in [-0.15, -0.1) is 0 Å². The van der Waals surface area contributed by atoms with Gasteiger partial charge in [0.15, 0.2) is 0 Å². The van der Waals surface area contributed by atoms with Crippen molar-refractivity contribution in [3.63, 3.8) is 0 Å². The summed E-state index contributed by atoms with van der Waals surface area (Å²) in [5.74, 6) is 0.188. The number of anilines is 1. The molecule has 1 unspecified atom stereocenters. The van der Waals surface area contributed by atoms with Crippen molar-refractivity contribution in [3.05, 3.63) is 26.8 Å². The van der Waals surface area contributed by atoms with E-state index in [1.165, 1.54) is 0 Å². The summed E-state index contributed by atoms with van der Waals surface area (Å²) in [6.07, 6.45) is 3.22. The fourth-order valence-electron chi connectivity index (χ4n) is 2.62. The van der Waals surface area contributed by atoms with E-state index in [2.05, 4.69) is 41.8 Å². The highest BCUT2D eigenvalue weighted by atomic mass is 127. The highest BCUT2D eigenvalue weighted by Gasteiger charge is 2.39. The van der Waals surface area contributed by atoms with Gasteiger partial charge in [-0.05, 0) is 59.0 Å². The molecule has 1 atom stereocenters. The summed E-state index contributed by atoms with van der Waals surface area (Å²) < 4.78 is 1.07. The van der Waals surface area contributed by atoms with Gasteiger partial charge in [-0.1, -0.05) is 31.9 Å². The zero-order chi connectivity index (χ0) is 13.3. The number of nitrogens with one attached hydrogen (secondary N) is 1. The van der Waals surface area contributed by atoms with Crippen LogP contribution in [0.3, 0.4) is 0 Å².